The number of phosphoric acid groups is 1. The first kappa shape index (κ1) is 69.0. The first-order valence-corrected chi connectivity index (χ1v) is 31.6. The predicted molar refractivity (Wildman–Crippen MR) is 303 cm³/mol. The van der Waals surface area contributed by atoms with Crippen molar-refractivity contribution >= 4 is 19.8 Å². The zero-order valence-electron chi connectivity index (χ0n) is 46.5. The highest BCUT2D eigenvalue weighted by Gasteiger charge is 2.26. The van der Waals surface area contributed by atoms with E-state index in [0.717, 1.165) is 57.8 Å². The Balaban J connectivity index is 3.96. The van der Waals surface area contributed by atoms with Crippen LogP contribution in [0.15, 0.2) is 48.6 Å². The standard InChI is InChI=1S/C61H114NO8P/c1-3-5-7-9-11-13-15-17-19-21-23-25-27-29-31-33-35-37-39-41-43-45-47-49-51-53-60(63)67-57-59(58-69-71(65,66)68-56-55-62)70-61(64)54-52-50-48-46-44-42-40-38-36-34-32-30-28-26-24-22-20-18-16-14-12-10-8-6-4-2/h16,18,21-24,28,30,59H,3-15,17,19-20,25-27,29,31-58,62H2,1-2H3,(H,65,66)/b18-16-,23-21-,24-22-,30-28-. The van der Waals surface area contributed by atoms with E-state index in [4.69, 9.17) is 24.3 Å². The van der Waals surface area contributed by atoms with Crippen molar-refractivity contribution in [3.63, 3.8) is 0 Å². The van der Waals surface area contributed by atoms with Gasteiger partial charge in [-0.2, -0.15) is 0 Å². The van der Waals surface area contributed by atoms with Crippen molar-refractivity contribution in [2.75, 3.05) is 26.4 Å². The average Bonchev–Trinajstić information content (AvgIpc) is 3.36. The number of nitrogens with two attached hydrogens (primary N) is 1. The van der Waals surface area contributed by atoms with Crippen LogP contribution in [0, 0.1) is 0 Å². The third kappa shape index (κ3) is 57.1. The number of rotatable bonds is 57. The van der Waals surface area contributed by atoms with Gasteiger partial charge in [-0.25, -0.2) is 4.57 Å². The molecule has 0 bridgehead atoms. The van der Waals surface area contributed by atoms with Crippen LogP contribution in [-0.4, -0.2) is 49.3 Å². The molecule has 0 radical (unpaired) electrons. The van der Waals surface area contributed by atoms with E-state index in [2.05, 4.69) is 62.5 Å². The summed E-state index contributed by atoms with van der Waals surface area (Å²) in [5, 5.41) is 0. The summed E-state index contributed by atoms with van der Waals surface area (Å²) in [6.07, 6.45) is 70.2. The van der Waals surface area contributed by atoms with Crippen molar-refractivity contribution in [3.8, 4) is 0 Å². The van der Waals surface area contributed by atoms with Gasteiger partial charge in [0, 0.05) is 19.4 Å². The Labute approximate surface area is 438 Å². The number of carbonyl (C=O) groups excluding carboxylic acids is 2. The summed E-state index contributed by atoms with van der Waals surface area (Å²) in [5.41, 5.74) is 5.39. The summed E-state index contributed by atoms with van der Waals surface area (Å²) in [6.45, 7) is 3.77. The summed E-state index contributed by atoms with van der Waals surface area (Å²) in [4.78, 5) is 35.2. The molecule has 10 heteroatoms. The minimum absolute atomic E-state index is 0.0525. The second kappa shape index (κ2) is 57.3. The van der Waals surface area contributed by atoms with Crippen LogP contribution < -0.4 is 5.73 Å². The molecule has 416 valence electrons. The fourth-order valence-corrected chi connectivity index (χ4v) is 9.46. The fourth-order valence-electron chi connectivity index (χ4n) is 8.70. The van der Waals surface area contributed by atoms with Gasteiger partial charge in [0.25, 0.3) is 0 Å². The van der Waals surface area contributed by atoms with Crippen LogP contribution in [0.3, 0.4) is 0 Å². The van der Waals surface area contributed by atoms with Crippen molar-refractivity contribution in [1.29, 1.82) is 0 Å². The van der Waals surface area contributed by atoms with E-state index in [-0.39, 0.29) is 38.6 Å². The molecular formula is C61H114NO8P. The van der Waals surface area contributed by atoms with Gasteiger partial charge in [0.05, 0.1) is 13.2 Å². The maximum absolute atomic E-state index is 12.7. The molecule has 3 N–H and O–H groups in total. The lowest BCUT2D eigenvalue weighted by Crippen LogP contribution is -2.29. The van der Waals surface area contributed by atoms with Crippen LogP contribution in [0.1, 0.15) is 296 Å². The van der Waals surface area contributed by atoms with Crippen LogP contribution in [0.5, 0.6) is 0 Å². The van der Waals surface area contributed by atoms with Crippen LogP contribution in [0.2, 0.25) is 0 Å². The van der Waals surface area contributed by atoms with Gasteiger partial charge in [0.2, 0.25) is 0 Å². The summed E-state index contributed by atoms with van der Waals surface area (Å²) < 4.78 is 33.1. The van der Waals surface area contributed by atoms with Gasteiger partial charge < -0.3 is 20.1 Å². The van der Waals surface area contributed by atoms with Gasteiger partial charge in [-0.1, -0.05) is 255 Å². The summed E-state index contributed by atoms with van der Waals surface area (Å²) in [5.74, 6) is -0.821. The number of carbonyl (C=O) groups is 2. The van der Waals surface area contributed by atoms with Gasteiger partial charge in [0.15, 0.2) is 6.10 Å². The highest BCUT2D eigenvalue weighted by molar-refractivity contribution is 7.47. The number of hydrogen-bond acceptors (Lipinski definition) is 8. The Morgan fingerprint density at radius 2 is 0.732 bits per heavy atom. The molecule has 0 aromatic rings. The highest BCUT2D eigenvalue weighted by Crippen LogP contribution is 2.43. The molecule has 0 aliphatic heterocycles. The predicted octanol–water partition coefficient (Wildman–Crippen LogP) is 19.0. The van der Waals surface area contributed by atoms with Crippen molar-refractivity contribution in [2.24, 2.45) is 5.73 Å². The Hall–Kier alpha value is -2.03. The van der Waals surface area contributed by atoms with Gasteiger partial charge in [-0.3, -0.25) is 18.6 Å². The molecule has 0 spiro atoms. The average molecular weight is 1020 g/mol. The number of unbranched alkanes of at least 4 members (excludes halogenated alkanes) is 36. The Morgan fingerprint density at radius 3 is 1.10 bits per heavy atom. The Kier molecular flexibility index (Phi) is 55.6. The maximum Gasteiger partial charge on any atom is 0.472 e. The monoisotopic (exact) mass is 1020 g/mol. The number of allylic oxidation sites excluding steroid dienone is 8. The molecule has 2 unspecified atom stereocenters. The Bertz CT molecular complexity index is 1300. The minimum atomic E-state index is -4.39. The highest BCUT2D eigenvalue weighted by atomic mass is 31.2. The van der Waals surface area contributed by atoms with E-state index < -0.39 is 26.5 Å². The number of esters is 2. The van der Waals surface area contributed by atoms with Crippen molar-refractivity contribution in [1.82, 2.24) is 0 Å². The van der Waals surface area contributed by atoms with Gasteiger partial charge >= 0.3 is 19.8 Å². The molecular weight excluding hydrogens is 906 g/mol. The lowest BCUT2D eigenvalue weighted by Gasteiger charge is -2.19. The summed E-state index contributed by atoms with van der Waals surface area (Å²) >= 11 is 0. The lowest BCUT2D eigenvalue weighted by molar-refractivity contribution is -0.161. The summed E-state index contributed by atoms with van der Waals surface area (Å²) in [6, 6.07) is 0. The quantitative estimate of drug-likeness (QED) is 0.0264. The fraction of sp³-hybridized carbons (Fsp3) is 0.836. The number of phosphoric ester groups is 1. The minimum Gasteiger partial charge on any atom is -0.462 e. The third-order valence-electron chi connectivity index (χ3n) is 13.2. The van der Waals surface area contributed by atoms with E-state index in [9.17, 15) is 19.0 Å². The molecule has 0 saturated heterocycles. The molecule has 0 aliphatic rings. The molecule has 0 amide bonds. The molecule has 0 aliphatic carbocycles. The SMILES string of the molecule is CCCCCCC/C=C\C/C=C\C/C=C\CCCCCCCCCCCCC(=O)OC(COC(=O)CCCCCCCCCCCCCCC/C=C\CCCCCCCCCC)COP(=O)(O)OCCN. The molecule has 71 heavy (non-hydrogen) atoms. The van der Waals surface area contributed by atoms with Crippen molar-refractivity contribution in [3.05, 3.63) is 48.6 Å². The molecule has 0 aromatic carbocycles. The van der Waals surface area contributed by atoms with E-state index in [1.54, 1.807) is 0 Å². The molecule has 0 saturated carbocycles. The van der Waals surface area contributed by atoms with Crippen LogP contribution in [-0.2, 0) is 32.7 Å². The molecule has 0 rings (SSSR count). The normalized spacial score (nSPS) is 13.4. The summed E-state index contributed by atoms with van der Waals surface area (Å²) in [7, 11) is -4.39. The van der Waals surface area contributed by atoms with E-state index in [0.29, 0.717) is 6.42 Å². The van der Waals surface area contributed by atoms with Crippen LogP contribution >= 0.6 is 7.82 Å². The van der Waals surface area contributed by atoms with E-state index >= 15 is 0 Å². The van der Waals surface area contributed by atoms with Crippen LogP contribution in [0.25, 0.3) is 0 Å². The second-order valence-corrected chi connectivity index (χ2v) is 21.7. The maximum atomic E-state index is 12.7. The van der Waals surface area contributed by atoms with Gasteiger partial charge in [-0.15, -0.1) is 0 Å². The number of hydrogen-bond donors (Lipinski definition) is 2. The lowest BCUT2D eigenvalue weighted by atomic mass is 10.0. The number of ether oxygens (including phenoxy) is 2. The molecule has 0 heterocycles. The first-order chi connectivity index (χ1) is 34.8. The van der Waals surface area contributed by atoms with Gasteiger partial charge in [0.1, 0.15) is 6.61 Å². The molecule has 0 fully saturated rings. The van der Waals surface area contributed by atoms with E-state index in [1.165, 1.54) is 205 Å². The Morgan fingerprint density at radius 1 is 0.423 bits per heavy atom. The zero-order valence-corrected chi connectivity index (χ0v) is 47.4. The first-order valence-electron chi connectivity index (χ1n) is 30.1. The van der Waals surface area contributed by atoms with E-state index in [1.807, 2.05) is 0 Å². The topological polar surface area (TPSA) is 134 Å². The molecule has 0 aromatic heterocycles. The third-order valence-corrected chi connectivity index (χ3v) is 14.2. The second-order valence-electron chi connectivity index (χ2n) is 20.2. The van der Waals surface area contributed by atoms with Gasteiger partial charge in [-0.05, 0) is 77.0 Å². The van der Waals surface area contributed by atoms with Crippen LogP contribution in [0.4, 0.5) is 0 Å². The van der Waals surface area contributed by atoms with Crippen molar-refractivity contribution < 1.29 is 37.6 Å². The zero-order chi connectivity index (χ0) is 51.7. The molecule has 2 atom stereocenters. The molecule has 9 nitrogen and oxygen atoms in total. The smallest absolute Gasteiger partial charge is 0.462 e. The largest absolute Gasteiger partial charge is 0.472 e. The van der Waals surface area contributed by atoms with Crippen molar-refractivity contribution in [2.45, 2.75) is 302 Å².